The summed E-state index contributed by atoms with van der Waals surface area (Å²) < 4.78 is 26.8. The average molecular weight is 335 g/mol. The first-order valence-corrected chi connectivity index (χ1v) is 8.39. The zero-order valence-electron chi connectivity index (χ0n) is 11.1. The van der Waals surface area contributed by atoms with Crippen LogP contribution >= 0.6 is 23.2 Å². The molecule has 0 saturated carbocycles. The van der Waals surface area contributed by atoms with Gasteiger partial charge < -0.3 is 5.73 Å². The Balaban J connectivity index is 2.47. The first-order chi connectivity index (χ1) is 9.36. The Morgan fingerprint density at radius 1 is 1.30 bits per heavy atom. The van der Waals surface area contributed by atoms with Gasteiger partial charge in [0.05, 0.1) is 5.02 Å². The first-order valence-electron chi connectivity index (χ1n) is 6.20. The lowest BCUT2D eigenvalue weighted by molar-refractivity contribution is 0.428. The van der Waals surface area contributed by atoms with E-state index in [1.165, 1.54) is 16.4 Å². The van der Waals surface area contributed by atoms with Crippen LogP contribution in [0.2, 0.25) is 10.0 Å². The van der Waals surface area contributed by atoms with E-state index in [1.54, 1.807) is 0 Å². The summed E-state index contributed by atoms with van der Waals surface area (Å²) in [5.74, 6) is 0. The highest BCUT2D eigenvalue weighted by molar-refractivity contribution is 7.89. The molecule has 110 valence electrons. The van der Waals surface area contributed by atoms with Gasteiger partial charge in [0.1, 0.15) is 4.90 Å². The summed E-state index contributed by atoms with van der Waals surface area (Å²) in [5, 5.41) is 0.505. The monoisotopic (exact) mass is 334 g/mol. The second kappa shape index (κ2) is 6.03. The van der Waals surface area contributed by atoms with E-state index >= 15 is 0 Å². The Labute approximate surface area is 129 Å². The van der Waals surface area contributed by atoms with Gasteiger partial charge in [-0.1, -0.05) is 34.9 Å². The fourth-order valence-electron chi connectivity index (χ4n) is 2.15. The van der Waals surface area contributed by atoms with E-state index < -0.39 is 10.0 Å². The fraction of sp³-hybridized carbons (Fsp3) is 0.385. The van der Waals surface area contributed by atoms with E-state index in [1.807, 2.05) is 13.0 Å². The maximum absolute atomic E-state index is 12.7. The summed E-state index contributed by atoms with van der Waals surface area (Å²) in [5.41, 5.74) is 7.17. The van der Waals surface area contributed by atoms with Crippen LogP contribution in [-0.2, 0) is 16.6 Å². The summed E-state index contributed by atoms with van der Waals surface area (Å²) in [6.07, 6.45) is 2.75. The lowest BCUT2D eigenvalue weighted by atomic mass is 10.2. The van der Waals surface area contributed by atoms with E-state index in [2.05, 4.69) is 0 Å². The molecule has 1 aliphatic rings. The van der Waals surface area contributed by atoms with Crippen LogP contribution in [0.1, 0.15) is 18.9 Å². The maximum atomic E-state index is 12.7. The van der Waals surface area contributed by atoms with Crippen LogP contribution in [0.5, 0.6) is 0 Å². The molecule has 0 spiro atoms. The smallest absolute Gasteiger partial charge is 0.244 e. The molecule has 4 nitrogen and oxygen atoms in total. The Bertz CT molecular complexity index is 657. The van der Waals surface area contributed by atoms with Gasteiger partial charge in [-0.3, -0.25) is 0 Å². The molecule has 0 radical (unpaired) electrons. The molecular formula is C13H16Cl2N2O2S. The van der Waals surface area contributed by atoms with E-state index in [-0.39, 0.29) is 16.5 Å². The normalized spacial score (nSPS) is 17.1. The van der Waals surface area contributed by atoms with Crippen molar-refractivity contribution >= 4 is 33.2 Å². The zero-order chi connectivity index (χ0) is 14.9. The minimum Gasteiger partial charge on any atom is -0.326 e. The summed E-state index contributed by atoms with van der Waals surface area (Å²) in [4.78, 5) is 0.0683. The molecule has 0 fully saturated rings. The predicted molar refractivity (Wildman–Crippen MR) is 81.5 cm³/mol. The molecule has 20 heavy (non-hydrogen) atoms. The summed E-state index contributed by atoms with van der Waals surface area (Å²) >= 11 is 12.0. The van der Waals surface area contributed by atoms with Gasteiger partial charge in [0.2, 0.25) is 10.0 Å². The molecule has 0 amide bonds. The van der Waals surface area contributed by atoms with Gasteiger partial charge in [0.25, 0.3) is 0 Å². The number of nitrogens with two attached hydrogens (primary N) is 1. The molecule has 1 aromatic rings. The number of hydrogen-bond acceptors (Lipinski definition) is 3. The molecule has 1 heterocycles. The first kappa shape index (κ1) is 15.8. The third-order valence-electron chi connectivity index (χ3n) is 3.24. The molecule has 1 aliphatic heterocycles. The largest absolute Gasteiger partial charge is 0.326 e. The Kier molecular flexibility index (Phi) is 4.76. The van der Waals surface area contributed by atoms with Gasteiger partial charge in [-0.2, -0.15) is 4.31 Å². The van der Waals surface area contributed by atoms with Crippen LogP contribution in [0, 0.1) is 0 Å². The van der Waals surface area contributed by atoms with Gasteiger partial charge >= 0.3 is 0 Å². The minimum atomic E-state index is -3.63. The van der Waals surface area contributed by atoms with Gasteiger partial charge in [-0.15, -0.1) is 0 Å². The lowest BCUT2D eigenvalue weighted by Crippen LogP contribution is -2.35. The quantitative estimate of drug-likeness (QED) is 0.864. The molecule has 0 bridgehead atoms. The van der Waals surface area contributed by atoms with Gasteiger partial charge in [-0.25, -0.2) is 8.42 Å². The van der Waals surface area contributed by atoms with E-state index in [9.17, 15) is 8.42 Å². The van der Waals surface area contributed by atoms with Crippen LogP contribution < -0.4 is 5.73 Å². The molecule has 2 N–H and O–H groups in total. The highest BCUT2D eigenvalue weighted by Crippen LogP contribution is 2.31. The fourth-order valence-corrected chi connectivity index (χ4v) is 4.49. The van der Waals surface area contributed by atoms with Crippen molar-refractivity contribution in [1.29, 1.82) is 0 Å². The number of hydrogen-bond donors (Lipinski definition) is 1. The van der Waals surface area contributed by atoms with Crippen molar-refractivity contribution in [1.82, 2.24) is 4.31 Å². The third kappa shape index (κ3) is 3.02. The predicted octanol–water partition coefficient (Wildman–Crippen LogP) is 2.79. The molecule has 0 unspecified atom stereocenters. The van der Waals surface area contributed by atoms with Gasteiger partial charge in [0, 0.05) is 24.7 Å². The molecule has 0 atom stereocenters. The van der Waals surface area contributed by atoms with Crippen molar-refractivity contribution < 1.29 is 8.42 Å². The standard InChI is InChI=1S/C13H16Cl2N2O2S/c1-9-3-2-4-17(8-9)20(18,19)13-5-10(7-16)11(14)6-12(13)15/h3,5-6H,2,4,7-8,16H2,1H3. The van der Waals surface area contributed by atoms with Crippen molar-refractivity contribution in [2.45, 2.75) is 24.8 Å². The summed E-state index contributed by atoms with van der Waals surface area (Å²) in [6, 6.07) is 2.90. The van der Waals surface area contributed by atoms with E-state index in [0.29, 0.717) is 30.1 Å². The molecule has 0 aromatic heterocycles. The van der Waals surface area contributed by atoms with Crippen molar-refractivity contribution in [2.75, 3.05) is 13.1 Å². The molecule has 0 saturated heterocycles. The van der Waals surface area contributed by atoms with Crippen molar-refractivity contribution in [3.63, 3.8) is 0 Å². The van der Waals surface area contributed by atoms with Crippen molar-refractivity contribution in [3.8, 4) is 0 Å². The highest BCUT2D eigenvalue weighted by Gasteiger charge is 2.28. The highest BCUT2D eigenvalue weighted by atomic mass is 35.5. The molecule has 0 aliphatic carbocycles. The number of benzene rings is 1. The molecular weight excluding hydrogens is 319 g/mol. The maximum Gasteiger partial charge on any atom is 0.244 e. The van der Waals surface area contributed by atoms with Crippen LogP contribution in [0.25, 0.3) is 0 Å². The van der Waals surface area contributed by atoms with Crippen molar-refractivity contribution in [3.05, 3.63) is 39.4 Å². The second-order valence-corrected chi connectivity index (χ2v) is 7.48. The Morgan fingerprint density at radius 3 is 2.60 bits per heavy atom. The van der Waals surface area contributed by atoms with Crippen molar-refractivity contribution in [2.24, 2.45) is 5.73 Å². The van der Waals surface area contributed by atoms with Crippen LogP contribution in [0.15, 0.2) is 28.7 Å². The van der Waals surface area contributed by atoms with E-state index in [4.69, 9.17) is 28.9 Å². The van der Waals surface area contributed by atoms with Gasteiger partial charge in [0.15, 0.2) is 0 Å². The number of sulfonamides is 1. The Hall–Kier alpha value is -0.590. The second-order valence-electron chi connectivity index (χ2n) is 4.76. The SMILES string of the molecule is CC1=CCCN(S(=O)(=O)c2cc(CN)c(Cl)cc2Cl)C1. The number of rotatable bonds is 3. The van der Waals surface area contributed by atoms with Crippen LogP contribution in [0.4, 0.5) is 0 Å². The minimum absolute atomic E-state index is 0.0683. The third-order valence-corrected chi connectivity index (χ3v) is 5.90. The summed E-state index contributed by atoms with van der Waals surface area (Å²) in [7, 11) is -3.63. The zero-order valence-corrected chi connectivity index (χ0v) is 13.4. The van der Waals surface area contributed by atoms with Gasteiger partial charge in [-0.05, 0) is 31.0 Å². The number of nitrogens with zero attached hydrogens (tertiary/aromatic N) is 1. The average Bonchev–Trinajstić information content (AvgIpc) is 2.38. The molecule has 7 heteroatoms. The van der Waals surface area contributed by atoms with Crippen LogP contribution in [-0.4, -0.2) is 25.8 Å². The Morgan fingerprint density at radius 2 is 2.00 bits per heavy atom. The van der Waals surface area contributed by atoms with Crippen LogP contribution in [0.3, 0.4) is 0 Å². The van der Waals surface area contributed by atoms with E-state index in [0.717, 1.165) is 5.57 Å². The lowest BCUT2D eigenvalue weighted by Gasteiger charge is -2.26. The molecule has 1 aromatic carbocycles. The topological polar surface area (TPSA) is 63.4 Å². The number of halogens is 2. The summed E-state index contributed by atoms with van der Waals surface area (Å²) in [6.45, 7) is 2.92. The molecule has 2 rings (SSSR count).